The Kier molecular flexibility index (Phi) is 18.9. The van der Waals surface area contributed by atoms with Gasteiger partial charge in [0.15, 0.2) is 17.3 Å². The third-order valence-electron chi connectivity index (χ3n) is 10.3. The Bertz CT molecular complexity index is 1770. The van der Waals surface area contributed by atoms with Gasteiger partial charge in [-0.1, -0.05) is 70.4 Å². The van der Waals surface area contributed by atoms with E-state index in [1.54, 1.807) is 24.3 Å². The largest absolute Gasteiger partial charge is 0.451 e. The van der Waals surface area contributed by atoms with Crippen LogP contribution in [-0.2, 0) is 40.0 Å². The number of carbonyl (C=O) groups is 8. The van der Waals surface area contributed by atoms with Crippen LogP contribution in [0.2, 0.25) is 13.1 Å². The van der Waals surface area contributed by atoms with Gasteiger partial charge in [-0.3, -0.25) is 38.4 Å². The highest BCUT2D eigenvalue weighted by molar-refractivity contribution is 6.48. The van der Waals surface area contributed by atoms with Gasteiger partial charge >= 0.3 is 0 Å². The molecule has 1 saturated heterocycles. The molecule has 0 aromatic heterocycles. The molecule has 2 aromatic rings. The zero-order valence-electron chi connectivity index (χ0n) is 34.0. The molecule has 0 spiro atoms. The minimum Gasteiger partial charge on any atom is -0.451 e. The molecule has 1 aliphatic heterocycles. The molecule has 0 aliphatic carbocycles. The Balaban J connectivity index is 1.48. The maximum Gasteiger partial charge on any atom is 0.286 e. The molecule has 314 valence electrons. The van der Waals surface area contributed by atoms with Crippen molar-refractivity contribution in [1.82, 2.24) is 20.9 Å². The number of aryl methyl sites for hydroxylation is 1. The number of hydrogen-bond acceptors (Lipinski definition) is 10. The monoisotopic (exact) mass is 803 g/mol. The summed E-state index contributed by atoms with van der Waals surface area (Å²) in [6, 6.07) is 11.8. The summed E-state index contributed by atoms with van der Waals surface area (Å²) < 4.78 is 0. The van der Waals surface area contributed by atoms with Crippen molar-refractivity contribution in [2.45, 2.75) is 110 Å². The van der Waals surface area contributed by atoms with E-state index >= 15 is 0 Å². The second-order valence-corrected chi connectivity index (χ2v) is 15.3. The van der Waals surface area contributed by atoms with Gasteiger partial charge in [0.25, 0.3) is 12.8 Å². The number of hydrogen-bond donors (Lipinski definition) is 6. The summed E-state index contributed by atoms with van der Waals surface area (Å²) in [4.78, 5) is 104. The molecule has 5 atom stereocenters. The number of aliphatic hydroxyl groups is 1. The van der Waals surface area contributed by atoms with Crippen LogP contribution in [0, 0.1) is 11.8 Å². The molecule has 1 aliphatic rings. The second kappa shape index (κ2) is 23.3. The first-order valence-corrected chi connectivity index (χ1v) is 20.1. The molecule has 2 aromatic carbocycles. The SMILES string of the molecule is CCCCc1ccc(-c2ccc(C(=O)N[C@H](CO)C(=O)C[C@H](C)C(=O)NCC(=O)N3CCC[C@H]3C(=O)C[C@@H](C)C(=O)N[C@@H](CC(N)=O)C(=O)CCB(C)O)cc2)cc1. The lowest BCUT2D eigenvalue weighted by Crippen LogP contribution is -2.48. The molecule has 7 N–H and O–H groups in total. The van der Waals surface area contributed by atoms with Crippen molar-refractivity contribution in [2.24, 2.45) is 17.6 Å². The maximum atomic E-state index is 13.3. The number of amides is 5. The van der Waals surface area contributed by atoms with Gasteiger partial charge in [-0.2, -0.15) is 0 Å². The molecule has 0 unspecified atom stereocenters. The summed E-state index contributed by atoms with van der Waals surface area (Å²) in [5, 5.41) is 26.9. The normalized spacial score (nSPS) is 15.7. The molecule has 58 heavy (non-hydrogen) atoms. The van der Waals surface area contributed by atoms with Gasteiger partial charge in [0, 0.05) is 43.2 Å². The van der Waals surface area contributed by atoms with E-state index in [1.165, 1.54) is 31.1 Å². The van der Waals surface area contributed by atoms with Crippen molar-refractivity contribution in [3.63, 3.8) is 0 Å². The molecule has 1 heterocycles. The number of carbonyl (C=O) groups excluding carboxylic acids is 8. The van der Waals surface area contributed by atoms with Gasteiger partial charge in [-0.05, 0) is 60.8 Å². The highest BCUT2D eigenvalue weighted by Crippen LogP contribution is 2.23. The number of ketones is 3. The zero-order valence-corrected chi connectivity index (χ0v) is 34.0. The molecule has 0 bridgehead atoms. The first-order chi connectivity index (χ1) is 27.5. The van der Waals surface area contributed by atoms with Gasteiger partial charge in [0.05, 0.1) is 31.7 Å². The fourth-order valence-electron chi connectivity index (χ4n) is 6.72. The predicted octanol–water partition coefficient (Wildman–Crippen LogP) is 2.02. The van der Waals surface area contributed by atoms with E-state index in [0.717, 1.165) is 30.4 Å². The number of benzene rings is 2. The molecule has 5 amide bonds. The number of likely N-dealkylation sites (tertiary alicyclic amines) is 1. The van der Waals surface area contributed by atoms with Crippen LogP contribution in [0.5, 0.6) is 0 Å². The van der Waals surface area contributed by atoms with E-state index in [2.05, 4.69) is 35.0 Å². The quantitative estimate of drug-likeness (QED) is 0.0844. The van der Waals surface area contributed by atoms with Crippen molar-refractivity contribution in [1.29, 1.82) is 0 Å². The maximum absolute atomic E-state index is 13.3. The van der Waals surface area contributed by atoms with Crippen molar-refractivity contribution in [2.75, 3.05) is 19.7 Å². The summed E-state index contributed by atoms with van der Waals surface area (Å²) in [7, 11) is 0. The van der Waals surface area contributed by atoms with Crippen LogP contribution in [-0.4, -0.2) is 107 Å². The third-order valence-corrected chi connectivity index (χ3v) is 10.3. The Morgan fingerprint density at radius 3 is 2.05 bits per heavy atom. The van der Waals surface area contributed by atoms with Crippen LogP contribution in [0.25, 0.3) is 11.1 Å². The minimum absolute atomic E-state index is 0.0825. The van der Waals surface area contributed by atoms with Gasteiger partial charge in [0.1, 0.15) is 6.04 Å². The number of nitrogens with two attached hydrogens (primary N) is 1. The van der Waals surface area contributed by atoms with Gasteiger partial charge in [-0.25, -0.2) is 0 Å². The van der Waals surface area contributed by atoms with E-state index in [4.69, 9.17) is 5.73 Å². The Morgan fingerprint density at radius 1 is 0.845 bits per heavy atom. The molecule has 0 radical (unpaired) electrons. The topological polar surface area (TPSA) is 242 Å². The standard InChI is InChI=1S/C42H58BN5O10/c1-5-6-8-28-10-12-29(13-11-28)30-14-16-31(17-15-30)42(57)47-33(25-49)36(51)21-26(2)40(55)45-24-39(54)48-20-7-9-34(48)37(52)22-27(3)41(56)46-32(23-38(44)53)35(50)18-19-43(4)58/h10-17,26-27,32-34,49,58H,5-9,18-25H2,1-4H3,(H2,44,53)(H,45,55)(H,46,56)(H,47,57)/t26-,27+,32-,33+,34-/m0/s1. The number of rotatable bonds is 24. The Morgan fingerprint density at radius 2 is 1.47 bits per heavy atom. The van der Waals surface area contributed by atoms with Crippen LogP contribution in [0.1, 0.15) is 88.1 Å². The van der Waals surface area contributed by atoms with E-state index in [1.807, 2.05) is 12.1 Å². The van der Waals surface area contributed by atoms with E-state index < -0.39 is 97.6 Å². The van der Waals surface area contributed by atoms with Crippen molar-refractivity contribution in [3.8, 4) is 11.1 Å². The predicted molar refractivity (Wildman–Crippen MR) is 218 cm³/mol. The molecular weight excluding hydrogens is 745 g/mol. The van der Waals surface area contributed by atoms with Gasteiger partial charge in [0.2, 0.25) is 23.6 Å². The van der Waals surface area contributed by atoms with Crippen LogP contribution in [0.3, 0.4) is 0 Å². The Labute approximate surface area is 340 Å². The molecule has 15 nitrogen and oxygen atoms in total. The number of nitrogens with one attached hydrogen (secondary N) is 3. The van der Waals surface area contributed by atoms with Crippen LogP contribution < -0.4 is 21.7 Å². The average molecular weight is 804 g/mol. The Hall–Kier alpha value is -5.22. The molecule has 16 heteroatoms. The van der Waals surface area contributed by atoms with Crippen molar-refractivity contribution < 1.29 is 48.5 Å². The van der Waals surface area contributed by atoms with Crippen LogP contribution in [0.4, 0.5) is 0 Å². The highest BCUT2D eigenvalue weighted by atomic mass is 16.3. The summed E-state index contributed by atoms with van der Waals surface area (Å²) in [6.07, 6.45) is 3.18. The summed E-state index contributed by atoms with van der Waals surface area (Å²) in [5.41, 5.74) is 8.73. The fourth-order valence-corrected chi connectivity index (χ4v) is 6.72. The van der Waals surface area contributed by atoms with E-state index in [0.29, 0.717) is 18.4 Å². The van der Waals surface area contributed by atoms with Gasteiger partial charge in [-0.15, -0.1) is 0 Å². The molecular formula is C42H58BN5O10. The van der Waals surface area contributed by atoms with Crippen molar-refractivity contribution >= 4 is 53.8 Å². The molecule has 1 fully saturated rings. The number of nitrogens with zero attached hydrogens (tertiary/aromatic N) is 1. The third kappa shape index (κ3) is 14.6. The van der Waals surface area contributed by atoms with Crippen molar-refractivity contribution in [3.05, 3.63) is 59.7 Å². The number of unbranched alkanes of at least 4 members (excludes halogenated alkanes) is 1. The van der Waals surface area contributed by atoms with E-state index in [-0.39, 0.29) is 37.9 Å². The number of Topliss-reactive ketones (excluding diaryl/α,β-unsaturated/α-hetero) is 3. The number of primary amides is 1. The first-order valence-electron chi connectivity index (χ1n) is 20.1. The van der Waals surface area contributed by atoms with Gasteiger partial charge < -0.3 is 36.7 Å². The summed E-state index contributed by atoms with van der Waals surface area (Å²) >= 11 is 0. The fraction of sp³-hybridized carbons (Fsp3) is 0.524. The lowest BCUT2D eigenvalue weighted by molar-refractivity contribution is -0.139. The zero-order chi connectivity index (χ0) is 42.9. The summed E-state index contributed by atoms with van der Waals surface area (Å²) in [6.45, 7) is 4.99. The average Bonchev–Trinajstić information content (AvgIpc) is 3.70. The van der Waals surface area contributed by atoms with Crippen LogP contribution in [0.15, 0.2) is 48.5 Å². The smallest absolute Gasteiger partial charge is 0.286 e. The molecule has 0 saturated carbocycles. The lowest BCUT2D eigenvalue weighted by atomic mass is 9.66. The highest BCUT2D eigenvalue weighted by Gasteiger charge is 2.36. The minimum atomic E-state index is -1.26. The summed E-state index contributed by atoms with van der Waals surface area (Å²) in [5.74, 6) is -6.39. The van der Waals surface area contributed by atoms with Crippen LogP contribution >= 0.6 is 0 Å². The number of aliphatic hydroxyl groups excluding tert-OH is 1. The molecule has 3 rings (SSSR count). The lowest BCUT2D eigenvalue weighted by Gasteiger charge is -2.25. The first kappa shape index (κ1) is 47.2. The second-order valence-electron chi connectivity index (χ2n) is 15.3. The van der Waals surface area contributed by atoms with E-state index in [9.17, 15) is 48.5 Å².